The van der Waals surface area contributed by atoms with Gasteiger partial charge in [-0.2, -0.15) is 0 Å². The number of benzene rings is 2. The predicted octanol–water partition coefficient (Wildman–Crippen LogP) is 4.72. The molecule has 20 heavy (non-hydrogen) atoms. The Kier molecular flexibility index (Phi) is 3.66. The Balaban J connectivity index is 1.79. The van der Waals surface area contributed by atoms with Crippen LogP contribution < -0.4 is 4.90 Å². The van der Waals surface area contributed by atoms with Crippen LogP contribution in [0.4, 0.5) is 10.1 Å². The minimum Gasteiger partial charge on any atom is -0.371 e. The van der Waals surface area contributed by atoms with Gasteiger partial charge < -0.3 is 4.90 Å². The van der Waals surface area contributed by atoms with Gasteiger partial charge in [0.15, 0.2) is 0 Å². The molecule has 2 aromatic rings. The van der Waals surface area contributed by atoms with E-state index in [1.807, 2.05) is 24.3 Å². The van der Waals surface area contributed by atoms with Crippen molar-refractivity contribution in [2.45, 2.75) is 12.8 Å². The topological polar surface area (TPSA) is 3.24 Å². The molecule has 2 aromatic carbocycles. The first kappa shape index (κ1) is 13.4. The van der Waals surface area contributed by atoms with Gasteiger partial charge in [-0.15, -0.1) is 0 Å². The van der Waals surface area contributed by atoms with E-state index in [-0.39, 0.29) is 5.82 Å². The molecule has 0 unspecified atom stereocenters. The summed E-state index contributed by atoms with van der Waals surface area (Å²) in [7, 11) is 0. The van der Waals surface area contributed by atoms with Crippen LogP contribution in [0.5, 0.6) is 0 Å². The molecular formula is C17H17ClFN. The van der Waals surface area contributed by atoms with Gasteiger partial charge in [0.25, 0.3) is 0 Å². The lowest BCUT2D eigenvalue weighted by Gasteiger charge is -2.18. The Morgan fingerprint density at radius 1 is 1.00 bits per heavy atom. The van der Waals surface area contributed by atoms with Crippen molar-refractivity contribution in [2.24, 2.45) is 5.92 Å². The lowest BCUT2D eigenvalue weighted by molar-refractivity contribution is 0.573. The molecule has 0 spiro atoms. The molecule has 1 aliphatic rings. The molecule has 0 amide bonds. The summed E-state index contributed by atoms with van der Waals surface area (Å²) in [5.41, 5.74) is 2.42. The molecule has 0 saturated carbocycles. The molecule has 3 rings (SSSR count). The normalized spacial score (nSPS) is 22.2. The first-order valence-electron chi connectivity index (χ1n) is 6.89. The van der Waals surface area contributed by atoms with Crippen molar-refractivity contribution >= 4 is 17.3 Å². The fourth-order valence-corrected chi connectivity index (χ4v) is 3.10. The van der Waals surface area contributed by atoms with Crippen LogP contribution in [0.3, 0.4) is 0 Å². The van der Waals surface area contributed by atoms with E-state index in [4.69, 9.17) is 11.6 Å². The van der Waals surface area contributed by atoms with Crippen LogP contribution in [0, 0.1) is 11.7 Å². The highest BCUT2D eigenvalue weighted by molar-refractivity contribution is 6.30. The number of nitrogens with zero attached hydrogens (tertiary/aromatic N) is 1. The molecule has 1 saturated heterocycles. The zero-order valence-corrected chi connectivity index (χ0v) is 12.1. The van der Waals surface area contributed by atoms with Crippen molar-refractivity contribution in [1.82, 2.24) is 0 Å². The summed E-state index contributed by atoms with van der Waals surface area (Å²) in [6, 6.07) is 14.9. The van der Waals surface area contributed by atoms with E-state index >= 15 is 0 Å². The number of hydrogen-bond acceptors (Lipinski definition) is 1. The quantitative estimate of drug-likeness (QED) is 0.773. The standard InChI is InChI=1S/C17H17ClFN/c1-12-10-20(16-8-6-15(19)7-9-16)11-17(12)13-2-4-14(18)5-3-13/h2-9,12,17H,10-11H2,1H3/t12-,17-/m0/s1. The molecular weight excluding hydrogens is 273 g/mol. The first-order chi connectivity index (χ1) is 9.63. The fraction of sp³-hybridized carbons (Fsp3) is 0.294. The summed E-state index contributed by atoms with van der Waals surface area (Å²) < 4.78 is 13.0. The maximum atomic E-state index is 13.0. The zero-order chi connectivity index (χ0) is 14.1. The molecule has 1 aliphatic heterocycles. The van der Waals surface area contributed by atoms with E-state index in [1.165, 1.54) is 17.7 Å². The second kappa shape index (κ2) is 5.45. The Labute approximate surface area is 124 Å². The molecule has 0 aromatic heterocycles. The summed E-state index contributed by atoms with van der Waals surface area (Å²) >= 11 is 5.95. The van der Waals surface area contributed by atoms with Gasteiger partial charge in [-0.25, -0.2) is 4.39 Å². The maximum Gasteiger partial charge on any atom is 0.123 e. The highest BCUT2D eigenvalue weighted by Gasteiger charge is 2.30. The molecule has 0 N–H and O–H groups in total. The van der Waals surface area contributed by atoms with Gasteiger partial charge in [-0.05, 0) is 47.9 Å². The molecule has 1 fully saturated rings. The Morgan fingerprint density at radius 3 is 2.30 bits per heavy atom. The summed E-state index contributed by atoms with van der Waals surface area (Å²) in [6.07, 6.45) is 0. The summed E-state index contributed by atoms with van der Waals surface area (Å²) in [4.78, 5) is 2.32. The van der Waals surface area contributed by atoms with E-state index in [1.54, 1.807) is 0 Å². The van der Waals surface area contributed by atoms with Crippen LogP contribution in [-0.4, -0.2) is 13.1 Å². The smallest absolute Gasteiger partial charge is 0.123 e. The minimum absolute atomic E-state index is 0.185. The molecule has 0 bridgehead atoms. The minimum atomic E-state index is -0.185. The van der Waals surface area contributed by atoms with Crippen LogP contribution in [0.2, 0.25) is 5.02 Å². The van der Waals surface area contributed by atoms with E-state index in [9.17, 15) is 4.39 Å². The molecule has 2 atom stereocenters. The fourth-order valence-electron chi connectivity index (χ4n) is 2.97. The third-order valence-electron chi connectivity index (χ3n) is 4.10. The van der Waals surface area contributed by atoms with Crippen molar-refractivity contribution < 1.29 is 4.39 Å². The number of anilines is 1. The van der Waals surface area contributed by atoms with Gasteiger partial charge in [-0.3, -0.25) is 0 Å². The molecule has 3 heteroatoms. The van der Waals surface area contributed by atoms with Gasteiger partial charge in [0.2, 0.25) is 0 Å². The van der Waals surface area contributed by atoms with Crippen molar-refractivity contribution in [3.8, 4) is 0 Å². The van der Waals surface area contributed by atoms with Crippen LogP contribution in [-0.2, 0) is 0 Å². The highest BCUT2D eigenvalue weighted by Crippen LogP contribution is 2.35. The lowest BCUT2D eigenvalue weighted by Crippen LogP contribution is -2.19. The summed E-state index contributed by atoms with van der Waals surface area (Å²) in [5, 5.41) is 0.773. The van der Waals surface area contributed by atoms with E-state index < -0.39 is 0 Å². The number of halogens is 2. The monoisotopic (exact) mass is 289 g/mol. The molecule has 0 radical (unpaired) electrons. The Bertz CT molecular complexity index is 579. The zero-order valence-electron chi connectivity index (χ0n) is 11.4. The Morgan fingerprint density at radius 2 is 1.65 bits per heavy atom. The summed E-state index contributed by atoms with van der Waals surface area (Å²) in [6.45, 7) is 4.23. The van der Waals surface area contributed by atoms with Gasteiger partial charge >= 0.3 is 0 Å². The average molecular weight is 290 g/mol. The van der Waals surface area contributed by atoms with E-state index in [0.717, 1.165) is 23.8 Å². The van der Waals surface area contributed by atoms with Gasteiger partial charge in [0.05, 0.1) is 0 Å². The van der Waals surface area contributed by atoms with E-state index in [2.05, 4.69) is 24.0 Å². The van der Waals surface area contributed by atoms with E-state index in [0.29, 0.717) is 11.8 Å². The second-order valence-corrected chi connectivity index (χ2v) is 5.95. The number of hydrogen-bond donors (Lipinski definition) is 0. The third-order valence-corrected chi connectivity index (χ3v) is 4.35. The highest BCUT2D eigenvalue weighted by atomic mass is 35.5. The maximum absolute atomic E-state index is 13.0. The average Bonchev–Trinajstić information content (AvgIpc) is 2.82. The molecule has 1 heterocycles. The molecule has 1 nitrogen and oxygen atoms in total. The van der Waals surface area contributed by atoms with Gasteiger partial charge in [0, 0.05) is 29.7 Å². The van der Waals surface area contributed by atoms with Crippen molar-refractivity contribution in [2.75, 3.05) is 18.0 Å². The molecule has 0 aliphatic carbocycles. The van der Waals surface area contributed by atoms with Crippen LogP contribution in [0.15, 0.2) is 48.5 Å². The van der Waals surface area contributed by atoms with Gasteiger partial charge in [-0.1, -0.05) is 30.7 Å². The largest absolute Gasteiger partial charge is 0.371 e. The van der Waals surface area contributed by atoms with Gasteiger partial charge in [0.1, 0.15) is 5.82 Å². The SMILES string of the molecule is C[C@H]1CN(c2ccc(F)cc2)C[C@@H]1c1ccc(Cl)cc1. The first-order valence-corrected chi connectivity index (χ1v) is 7.27. The number of rotatable bonds is 2. The third kappa shape index (κ3) is 2.66. The summed E-state index contributed by atoms with van der Waals surface area (Å²) in [5.74, 6) is 0.883. The molecule has 104 valence electrons. The van der Waals surface area contributed by atoms with Crippen LogP contribution in [0.1, 0.15) is 18.4 Å². The van der Waals surface area contributed by atoms with Crippen molar-refractivity contribution in [3.05, 3.63) is 64.9 Å². The van der Waals surface area contributed by atoms with Crippen molar-refractivity contribution in [1.29, 1.82) is 0 Å². The Hall–Kier alpha value is -1.54. The second-order valence-electron chi connectivity index (χ2n) is 5.52. The van der Waals surface area contributed by atoms with Crippen LogP contribution >= 0.6 is 11.6 Å². The van der Waals surface area contributed by atoms with Crippen LogP contribution in [0.25, 0.3) is 0 Å². The predicted molar refractivity (Wildman–Crippen MR) is 82.0 cm³/mol. The van der Waals surface area contributed by atoms with Crippen molar-refractivity contribution in [3.63, 3.8) is 0 Å². The lowest BCUT2D eigenvalue weighted by atomic mass is 9.90.